The molecule has 0 atom stereocenters. The quantitative estimate of drug-likeness (QED) is 0.731. The van der Waals surface area contributed by atoms with E-state index in [-0.39, 0.29) is 5.69 Å². The maximum atomic E-state index is 12.2. The predicted octanol–water partition coefficient (Wildman–Crippen LogP) is 1.71. The Morgan fingerprint density at radius 2 is 2.25 bits per heavy atom. The Balaban J connectivity index is 2.07. The highest BCUT2D eigenvalue weighted by Gasteiger charge is 2.10. The van der Waals surface area contributed by atoms with Crippen molar-refractivity contribution in [3.63, 3.8) is 0 Å². The molecule has 0 aliphatic rings. The Morgan fingerprint density at radius 1 is 1.40 bits per heavy atom. The largest absolute Gasteiger partial charge is 0.496 e. The van der Waals surface area contributed by atoms with Crippen LogP contribution in [-0.4, -0.2) is 26.3 Å². The molecular formula is C13H11BrN4O2. The lowest BCUT2D eigenvalue weighted by molar-refractivity contribution is 0.407. The van der Waals surface area contributed by atoms with Gasteiger partial charge in [0, 0.05) is 22.4 Å². The van der Waals surface area contributed by atoms with Gasteiger partial charge in [0.2, 0.25) is 0 Å². The van der Waals surface area contributed by atoms with Crippen LogP contribution in [0.15, 0.2) is 46.1 Å². The minimum Gasteiger partial charge on any atom is -0.496 e. The zero-order chi connectivity index (χ0) is 14.1. The lowest BCUT2D eigenvalue weighted by Crippen LogP contribution is -2.21. The Hall–Kier alpha value is -2.15. The van der Waals surface area contributed by atoms with E-state index in [2.05, 4.69) is 26.0 Å². The van der Waals surface area contributed by atoms with Crippen LogP contribution in [0.3, 0.4) is 0 Å². The summed E-state index contributed by atoms with van der Waals surface area (Å²) >= 11 is 3.41. The molecule has 6 nitrogen and oxygen atoms in total. The van der Waals surface area contributed by atoms with Gasteiger partial charge in [-0.15, -0.1) is 5.10 Å². The zero-order valence-corrected chi connectivity index (χ0v) is 12.2. The molecular weight excluding hydrogens is 324 g/mol. The van der Waals surface area contributed by atoms with E-state index in [9.17, 15) is 4.79 Å². The van der Waals surface area contributed by atoms with Gasteiger partial charge in [-0.1, -0.05) is 15.9 Å². The zero-order valence-electron chi connectivity index (χ0n) is 10.7. The van der Waals surface area contributed by atoms with Crippen molar-refractivity contribution in [2.75, 3.05) is 7.11 Å². The van der Waals surface area contributed by atoms with Crippen LogP contribution in [-0.2, 0) is 6.54 Å². The average Bonchev–Trinajstić information content (AvgIpc) is 2.76. The average molecular weight is 335 g/mol. The maximum absolute atomic E-state index is 12.2. The van der Waals surface area contributed by atoms with E-state index < -0.39 is 0 Å². The molecule has 0 saturated carbocycles. The van der Waals surface area contributed by atoms with Crippen LogP contribution >= 0.6 is 15.9 Å². The molecule has 3 aromatic rings. The summed E-state index contributed by atoms with van der Waals surface area (Å²) in [5.41, 5.74) is 1.19. The molecule has 0 radical (unpaired) electrons. The van der Waals surface area contributed by atoms with Gasteiger partial charge in [-0.05, 0) is 18.2 Å². The Labute approximate surface area is 122 Å². The first-order valence-electron chi connectivity index (χ1n) is 5.90. The summed E-state index contributed by atoms with van der Waals surface area (Å²) in [5.74, 6) is 0.718. The summed E-state index contributed by atoms with van der Waals surface area (Å²) in [5, 5.41) is 4.25. The normalized spacial score (nSPS) is 10.9. The van der Waals surface area contributed by atoms with Crippen molar-refractivity contribution in [2.45, 2.75) is 6.54 Å². The van der Waals surface area contributed by atoms with Crippen molar-refractivity contribution in [3.05, 3.63) is 57.3 Å². The number of benzene rings is 1. The molecule has 3 rings (SSSR count). The number of ether oxygens (including phenoxy) is 1. The van der Waals surface area contributed by atoms with Gasteiger partial charge >= 0.3 is 5.69 Å². The number of aromatic nitrogens is 4. The molecule has 0 bridgehead atoms. The molecule has 2 heterocycles. The van der Waals surface area contributed by atoms with Crippen molar-refractivity contribution in [3.8, 4) is 5.75 Å². The first-order chi connectivity index (χ1) is 9.69. The van der Waals surface area contributed by atoms with Gasteiger partial charge in [-0.2, -0.15) is 0 Å². The predicted molar refractivity (Wildman–Crippen MR) is 77.0 cm³/mol. The molecule has 102 valence electrons. The molecule has 0 saturated heterocycles. The summed E-state index contributed by atoms with van der Waals surface area (Å²) < 4.78 is 9.07. The van der Waals surface area contributed by atoms with Crippen LogP contribution < -0.4 is 10.4 Å². The summed E-state index contributed by atoms with van der Waals surface area (Å²) in [4.78, 5) is 16.2. The van der Waals surface area contributed by atoms with Crippen molar-refractivity contribution in [1.82, 2.24) is 19.2 Å². The van der Waals surface area contributed by atoms with E-state index >= 15 is 0 Å². The van der Waals surface area contributed by atoms with E-state index in [1.807, 2.05) is 18.2 Å². The van der Waals surface area contributed by atoms with E-state index in [4.69, 9.17) is 4.74 Å². The lowest BCUT2D eigenvalue weighted by Gasteiger charge is -2.08. The third-order valence-corrected chi connectivity index (χ3v) is 3.44. The van der Waals surface area contributed by atoms with Crippen LogP contribution in [0.2, 0.25) is 0 Å². The number of halogens is 1. The number of nitrogens with zero attached hydrogens (tertiary/aromatic N) is 4. The van der Waals surface area contributed by atoms with E-state index in [1.165, 1.54) is 9.08 Å². The topological polar surface area (TPSA) is 61.4 Å². The number of hydrogen-bond acceptors (Lipinski definition) is 4. The minimum absolute atomic E-state index is 0.204. The molecule has 0 unspecified atom stereocenters. The molecule has 0 amide bonds. The van der Waals surface area contributed by atoms with Gasteiger partial charge in [0.15, 0.2) is 5.65 Å². The number of fused-ring (bicyclic) bond motifs is 1. The van der Waals surface area contributed by atoms with Gasteiger partial charge in [0.05, 0.1) is 19.9 Å². The van der Waals surface area contributed by atoms with Gasteiger partial charge < -0.3 is 4.74 Å². The standard InChI is InChI=1S/C13H11BrN4O2/c1-20-11-3-2-10(14)6-9(11)8-18-13(19)17-5-4-15-7-12(17)16-18/h2-7H,8H2,1H3. The van der Waals surface area contributed by atoms with Gasteiger partial charge in [0.25, 0.3) is 0 Å². The number of hydrogen-bond donors (Lipinski definition) is 0. The molecule has 0 spiro atoms. The van der Waals surface area contributed by atoms with Crippen LogP contribution in [0.1, 0.15) is 5.56 Å². The molecule has 0 N–H and O–H groups in total. The van der Waals surface area contributed by atoms with Gasteiger partial charge in [-0.25, -0.2) is 13.9 Å². The fourth-order valence-corrected chi connectivity index (χ4v) is 2.42. The molecule has 1 aromatic carbocycles. The smallest absolute Gasteiger partial charge is 0.350 e. The van der Waals surface area contributed by atoms with E-state index in [1.54, 1.807) is 25.7 Å². The third kappa shape index (κ3) is 2.20. The van der Waals surface area contributed by atoms with Crippen molar-refractivity contribution >= 4 is 21.6 Å². The van der Waals surface area contributed by atoms with Crippen LogP contribution in [0.5, 0.6) is 5.75 Å². The van der Waals surface area contributed by atoms with Crippen molar-refractivity contribution in [1.29, 1.82) is 0 Å². The Morgan fingerprint density at radius 3 is 3.00 bits per heavy atom. The Bertz CT molecular complexity index is 825. The van der Waals surface area contributed by atoms with Crippen LogP contribution in [0, 0.1) is 0 Å². The maximum Gasteiger partial charge on any atom is 0.350 e. The molecule has 20 heavy (non-hydrogen) atoms. The molecule has 2 aromatic heterocycles. The molecule has 0 aliphatic heterocycles. The second-order valence-electron chi connectivity index (χ2n) is 4.20. The van der Waals surface area contributed by atoms with E-state index in [0.717, 1.165) is 15.8 Å². The number of methoxy groups -OCH3 is 1. The Kier molecular flexibility index (Phi) is 3.27. The summed E-state index contributed by atoms with van der Waals surface area (Å²) in [6.45, 7) is 0.336. The van der Waals surface area contributed by atoms with Crippen molar-refractivity contribution < 1.29 is 4.74 Å². The SMILES string of the molecule is COc1ccc(Br)cc1Cn1nc2cnccn2c1=O. The lowest BCUT2D eigenvalue weighted by atomic mass is 10.2. The van der Waals surface area contributed by atoms with Gasteiger partial charge in [-0.3, -0.25) is 4.98 Å². The summed E-state index contributed by atoms with van der Waals surface area (Å²) in [6, 6.07) is 5.65. The second-order valence-corrected chi connectivity index (χ2v) is 5.12. The van der Waals surface area contributed by atoms with E-state index in [0.29, 0.717) is 12.2 Å². The van der Waals surface area contributed by atoms with Crippen LogP contribution in [0.4, 0.5) is 0 Å². The summed E-state index contributed by atoms with van der Waals surface area (Å²) in [7, 11) is 1.60. The first-order valence-corrected chi connectivity index (χ1v) is 6.70. The first kappa shape index (κ1) is 12.9. The minimum atomic E-state index is -0.204. The summed E-state index contributed by atoms with van der Waals surface area (Å²) in [6.07, 6.45) is 4.70. The molecule has 0 aliphatic carbocycles. The monoisotopic (exact) mass is 334 g/mol. The van der Waals surface area contributed by atoms with Gasteiger partial charge in [0.1, 0.15) is 5.75 Å². The third-order valence-electron chi connectivity index (χ3n) is 2.95. The fourth-order valence-electron chi connectivity index (χ4n) is 2.02. The number of rotatable bonds is 3. The molecule has 0 fully saturated rings. The highest BCUT2D eigenvalue weighted by molar-refractivity contribution is 9.10. The second kappa shape index (κ2) is 5.09. The van der Waals surface area contributed by atoms with Crippen LogP contribution in [0.25, 0.3) is 5.65 Å². The highest BCUT2D eigenvalue weighted by Crippen LogP contribution is 2.23. The fraction of sp³-hybridized carbons (Fsp3) is 0.154. The highest BCUT2D eigenvalue weighted by atomic mass is 79.9. The van der Waals surface area contributed by atoms with Crippen molar-refractivity contribution in [2.24, 2.45) is 0 Å². The molecule has 7 heteroatoms.